The molecule has 0 aliphatic rings. The van der Waals surface area contributed by atoms with Crippen LogP contribution < -0.4 is 10.6 Å². The first-order chi connectivity index (χ1) is 12.3. The third-order valence-electron chi connectivity index (χ3n) is 3.30. The highest BCUT2D eigenvalue weighted by molar-refractivity contribution is 6.05. The van der Waals surface area contributed by atoms with Gasteiger partial charge in [-0.2, -0.15) is 13.2 Å². The number of benzene rings is 1. The summed E-state index contributed by atoms with van der Waals surface area (Å²) in [4.78, 5) is 28.0. The van der Waals surface area contributed by atoms with Gasteiger partial charge in [-0.15, -0.1) is 0 Å². The van der Waals surface area contributed by atoms with Gasteiger partial charge in [-0.1, -0.05) is 6.07 Å². The summed E-state index contributed by atoms with van der Waals surface area (Å²) in [5, 5.41) is 4.94. The molecule has 9 heteroatoms. The molecule has 0 bridgehead atoms. The van der Waals surface area contributed by atoms with Gasteiger partial charge >= 0.3 is 6.18 Å². The van der Waals surface area contributed by atoms with Crippen molar-refractivity contribution in [2.24, 2.45) is 0 Å². The number of methoxy groups -OCH3 is 1. The van der Waals surface area contributed by atoms with Gasteiger partial charge in [0.1, 0.15) is 0 Å². The number of amides is 2. The van der Waals surface area contributed by atoms with Crippen molar-refractivity contribution in [3.8, 4) is 0 Å². The van der Waals surface area contributed by atoms with Crippen LogP contribution in [0.3, 0.4) is 0 Å². The highest BCUT2D eigenvalue weighted by Gasteiger charge is 2.30. The van der Waals surface area contributed by atoms with E-state index in [4.69, 9.17) is 4.74 Å². The van der Waals surface area contributed by atoms with Crippen LogP contribution in [0.25, 0.3) is 0 Å². The molecule has 1 aromatic carbocycles. The lowest BCUT2D eigenvalue weighted by Gasteiger charge is -2.10. The number of alkyl halides is 3. The van der Waals surface area contributed by atoms with Gasteiger partial charge in [-0.3, -0.25) is 14.6 Å². The molecule has 138 valence electrons. The molecule has 0 saturated heterocycles. The number of aromatic nitrogens is 1. The monoisotopic (exact) mass is 367 g/mol. The highest BCUT2D eigenvalue weighted by Crippen LogP contribution is 2.30. The third-order valence-corrected chi connectivity index (χ3v) is 3.30. The number of anilines is 1. The van der Waals surface area contributed by atoms with Crippen molar-refractivity contribution in [3.63, 3.8) is 0 Å². The summed E-state index contributed by atoms with van der Waals surface area (Å²) in [5.74, 6) is -1.12. The molecule has 0 aliphatic heterocycles. The average Bonchev–Trinajstić information content (AvgIpc) is 2.61. The van der Waals surface area contributed by atoms with Crippen LogP contribution in [0.1, 0.15) is 26.3 Å². The number of halogens is 3. The van der Waals surface area contributed by atoms with E-state index in [1.165, 1.54) is 37.7 Å². The second kappa shape index (κ2) is 8.43. The van der Waals surface area contributed by atoms with Crippen molar-refractivity contribution >= 4 is 17.5 Å². The maximum absolute atomic E-state index is 12.7. The molecule has 0 fully saturated rings. The van der Waals surface area contributed by atoms with Crippen molar-refractivity contribution < 1.29 is 27.5 Å². The fourth-order valence-electron chi connectivity index (χ4n) is 2.03. The Balaban J connectivity index is 2.11. The Morgan fingerprint density at radius 1 is 1.12 bits per heavy atom. The van der Waals surface area contributed by atoms with Crippen LogP contribution in [0.4, 0.5) is 18.9 Å². The van der Waals surface area contributed by atoms with Crippen LogP contribution in [0, 0.1) is 0 Å². The van der Waals surface area contributed by atoms with Crippen LogP contribution in [0.15, 0.2) is 42.7 Å². The van der Waals surface area contributed by atoms with Crippen LogP contribution in [0.5, 0.6) is 0 Å². The highest BCUT2D eigenvalue weighted by atomic mass is 19.4. The molecule has 0 atom stereocenters. The largest absolute Gasteiger partial charge is 0.416 e. The summed E-state index contributed by atoms with van der Waals surface area (Å²) in [6.07, 6.45) is -2.01. The van der Waals surface area contributed by atoms with E-state index in [2.05, 4.69) is 15.6 Å². The maximum Gasteiger partial charge on any atom is 0.416 e. The Bertz CT molecular complexity index is 794. The van der Waals surface area contributed by atoms with Gasteiger partial charge in [0.05, 0.1) is 23.3 Å². The number of nitrogens with one attached hydrogen (secondary N) is 2. The number of nitrogens with zero attached hydrogens (tertiary/aromatic N) is 1. The van der Waals surface area contributed by atoms with Crippen LogP contribution in [0.2, 0.25) is 0 Å². The van der Waals surface area contributed by atoms with E-state index in [1.54, 1.807) is 0 Å². The molecule has 2 rings (SSSR count). The standard InChI is InChI=1S/C17H16F3N3O3/c1-26-6-5-22-15(24)11-7-12(10-21-9-11)16(25)23-14-4-2-3-13(8-14)17(18,19)20/h2-4,7-10H,5-6H2,1H3,(H,22,24)(H,23,25). The normalized spacial score (nSPS) is 11.1. The van der Waals surface area contributed by atoms with Gasteiger partial charge in [-0.25, -0.2) is 0 Å². The van der Waals surface area contributed by atoms with Crippen molar-refractivity contribution in [1.29, 1.82) is 0 Å². The molecule has 2 N–H and O–H groups in total. The lowest BCUT2D eigenvalue weighted by atomic mass is 10.1. The number of pyridine rings is 1. The first-order valence-corrected chi connectivity index (χ1v) is 7.52. The summed E-state index contributed by atoms with van der Waals surface area (Å²) in [7, 11) is 1.49. The molecule has 1 aromatic heterocycles. The van der Waals surface area contributed by atoms with E-state index in [9.17, 15) is 22.8 Å². The van der Waals surface area contributed by atoms with Crippen LogP contribution in [-0.4, -0.2) is 37.1 Å². The number of ether oxygens (including phenoxy) is 1. The number of rotatable bonds is 6. The lowest BCUT2D eigenvalue weighted by molar-refractivity contribution is -0.137. The Hall–Kier alpha value is -2.94. The summed E-state index contributed by atoms with van der Waals surface area (Å²) < 4.78 is 43.0. The molecule has 0 spiro atoms. The predicted octanol–water partition coefficient (Wildman–Crippen LogP) is 2.73. The number of hydrogen-bond donors (Lipinski definition) is 2. The maximum atomic E-state index is 12.7. The first kappa shape index (κ1) is 19.4. The van der Waals surface area contributed by atoms with Gasteiger partial charge in [0, 0.05) is 31.7 Å². The number of hydrogen-bond acceptors (Lipinski definition) is 4. The zero-order valence-corrected chi connectivity index (χ0v) is 13.8. The molecule has 2 amide bonds. The first-order valence-electron chi connectivity index (χ1n) is 7.52. The molecule has 1 heterocycles. The predicted molar refractivity (Wildman–Crippen MR) is 87.8 cm³/mol. The molecule has 0 unspecified atom stereocenters. The fraction of sp³-hybridized carbons (Fsp3) is 0.235. The molecule has 26 heavy (non-hydrogen) atoms. The average molecular weight is 367 g/mol. The van der Waals surface area contributed by atoms with Crippen molar-refractivity contribution in [1.82, 2.24) is 10.3 Å². The molecule has 2 aromatic rings. The Kier molecular flexibility index (Phi) is 6.29. The zero-order valence-electron chi connectivity index (χ0n) is 13.8. The van der Waals surface area contributed by atoms with Crippen molar-refractivity contribution in [3.05, 3.63) is 59.4 Å². The van der Waals surface area contributed by atoms with Gasteiger partial charge in [0.2, 0.25) is 0 Å². The topological polar surface area (TPSA) is 80.3 Å². The molecule has 0 saturated carbocycles. The van der Waals surface area contributed by atoms with Crippen LogP contribution >= 0.6 is 0 Å². The van der Waals surface area contributed by atoms with E-state index in [0.717, 1.165) is 12.1 Å². The molecular weight excluding hydrogens is 351 g/mol. The van der Waals surface area contributed by atoms with Gasteiger partial charge < -0.3 is 15.4 Å². The zero-order chi connectivity index (χ0) is 19.2. The van der Waals surface area contributed by atoms with E-state index < -0.39 is 23.6 Å². The summed E-state index contributed by atoms with van der Waals surface area (Å²) >= 11 is 0. The van der Waals surface area contributed by atoms with Crippen molar-refractivity contribution in [2.45, 2.75) is 6.18 Å². The third kappa shape index (κ3) is 5.28. The second-order valence-corrected chi connectivity index (χ2v) is 5.24. The van der Waals surface area contributed by atoms with E-state index in [0.29, 0.717) is 6.61 Å². The SMILES string of the molecule is COCCNC(=O)c1cncc(C(=O)Nc2cccc(C(F)(F)F)c2)c1. The fourth-order valence-corrected chi connectivity index (χ4v) is 2.03. The summed E-state index contributed by atoms with van der Waals surface area (Å²) in [6, 6.07) is 5.56. The van der Waals surface area contributed by atoms with Crippen LogP contribution in [-0.2, 0) is 10.9 Å². The Morgan fingerprint density at radius 2 is 1.81 bits per heavy atom. The molecule has 0 radical (unpaired) electrons. The summed E-state index contributed by atoms with van der Waals surface area (Å²) in [5.41, 5.74) is -0.695. The Morgan fingerprint density at radius 3 is 2.46 bits per heavy atom. The minimum atomic E-state index is -4.51. The van der Waals surface area contributed by atoms with E-state index in [1.807, 2.05) is 0 Å². The number of carbonyl (C=O) groups is 2. The van der Waals surface area contributed by atoms with E-state index in [-0.39, 0.29) is 23.4 Å². The molecular formula is C17H16F3N3O3. The lowest BCUT2D eigenvalue weighted by Crippen LogP contribution is -2.27. The quantitative estimate of drug-likeness (QED) is 0.770. The van der Waals surface area contributed by atoms with Crippen molar-refractivity contribution in [2.75, 3.05) is 25.6 Å². The Labute approximate surface area is 147 Å². The van der Waals surface area contributed by atoms with Gasteiger partial charge in [-0.05, 0) is 24.3 Å². The molecule has 0 aliphatic carbocycles. The second-order valence-electron chi connectivity index (χ2n) is 5.24. The minimum absolute atomic E-state index is 0.0141. The minimum Gasteiger partial charge on any atom is -0.383 e. The smallest absolute Gasteiger partial charge is 0.383 e. The number of carbonyl (C=O) groups excluding carboxylic acids is 2. The van der Waals surface area contributed by atoms with Gasteiger partial charge in [0.15, 0.2) is 0 Å². The van der Waals surface area contributed by atoms with Gasteiger partial charge in [0.25, 0.3) is 11.8 Å². The molecule has 6 nitrogen and oxygen atoms in total. The van der Waals surface area contributed by atoms with E-state index >= 15 is 0 Å². The summed E-state index contributed by atoms with van der Waals surface area (Å²) in [6.45, 7) is 0.616.